The molecule has 1 saturated heterocycles. The lowest BCUT2D eigenvalue weighted by atomic mass is 10.1. The number of anilines is 3. The van der Waals surface area contributed by atoms with E-state index in [0.717, 1.165) is 38.4 Å². The number of nitrogens with one attached hydrogen (secondary N) is 2. The summed E-state index contributed by atoms with van der Waals surface area (Å²) in [5, 5.41) is 5.68. The number of methoxy groups -OCH3 is 2. The normalized spacial score (nSPS) is 13.9. The third-order valence-electron chi connectivity index (χ3n) is 5.72. The summed E-state index contributed by atoms with van der Waals surface area (Å²) in [4.78, 5) is 17.3. The minimum atomic E-state index is -0.324. The Morgan fingerprint density at radius 1 is 0.788 bits per heavy atom. The topological polar surface area (TPSA) is 66.1 Å². The molecule has 0 aromatic heterocycles. The molecule has 7 nitrogen and oxygen atoms in total. The first-order valence-corrected chi connectivity index (χ1v) is 11.1. The van der Waals surface area contributed by atoms with Gasteiger partial charge in [-0.1, -0.05) is 30.3 Å². The van der Waals surface area contributed by atoms with Gasteiger partial charge in [-0.2, -0.15) is 0 Å². The van der Waals surface area contributed by atoms with Gasteiger partial charge in [0.25, 0.3) is 0 Å². The Labute approximate surface area is 194 Å². The molecule has 0 aliphatic carbocycles. The number of nitrogens with zero attached hydrogens (tertiary/aromatic N) is 2. The van der Waals surface area contributed by atoms with Crippen LogP contribution in [0.1, 0.15) is 5.56 Å². The second kappa shape index (κ2) is 10.7. The van der Waals surface area contributed by atoms with Gasteiger partial charge >= 0.3 is 6.03 Å². The average Bonchev–Trinajstić information content (AvgIpc) is 2.86. The fraction of sp³-hybridized carbons (Fsp3) is 0.269. The maximum absolute atomic E-state index is 12.4. The highest BCUT2D eigenvalue weighted by atomic mass is 16.5. The molecule has 3 aromatic rings. The van der Waals surface area contributed by atoms with E-state index in [1.165, 1.54) is 11.3 Å². The number of benzene rings is 3. The van der Waals surface area contributed by atoms with Crippen molar-refractivity contribution in [1.29, 1.82) is 0 Å². The molecule has 0 unspecified atom stereocenters. The van der Waals surface area contributed by atoms with Crippen molar-refractivity contribution in [2.45, 2.75) is 6.54 Å². The molecule has 1 aliphatic rings. The number of para-hydroxylation sites is 1. The molecule has 0 atom stereocenters. The van der Waals surface area contributed by atoms with Crippen molar-refractivity contribution in [3.63, 3.8) is 0 Å². The number of rotatable bonds is 7. The summed E-state index contributed by atoms with van der Waals surface area (Å²) in [5.74, 6) is 1.22. The Hall–Kier alpha value is -3.71. The van der Waals surface area contributed by atoms with Gasteiger partial charge in [0.2, 0.25) is 0 Å². The lowest BCUT2D eigenvalue weighted by Gasteiger charge is -2.36. The Morgan fingerprint density at radius 2 is 1.39 bits per heavy atom. The summed E-state index contributed by atoms with van der Waals surface area (Å²) in [6.07, 6.45) is 0. The quantitative estimate of drug-likeness (QED) is 0.552. The Morgan fingerprint density at radius 3 is 2.00 bits per heavy atom. The van der Waals surface area contributed by atoms with Crippen LogP contribution in [0, 0.1) is 0 Å². The van der Waals surface area contributed by atoms with Gasteiger partial charge in [0, 0.05) is 68.0 Å². The zero-order chi connectivity index (χ0) is 23.0. The first-order chi connectivity index (χ1) is 16.1. The number of carbonyl (C=O) groups is 1. The maximum Gasteiger partial charge on any atom is 0.323 e. The van der Waals surface area contributed by atoms with E-state index in [9.17, 15) is 4.79 Å². The van der Waals surface area contributed by atoms with Crippen LogP contribution in [0.2, 0.25) is 0 Å². The Balaban J connectivity index is 1.27. The highest BCUT2D eigenvalue weighted by molar-refractivity contribution is 6.00. The molecule has 1 heterocycles. The fourth-order valence-electron chi connectivity index (χ4n) is 3.93. The summed E-state index contributed by atoms with van der Waals surface area (Å²) < 4.78 is 10.5. The molecule has 0 bridgehead atoms. The van der Waals surface area contributed by atoms with Gasteiger partial charge in [0.1, 0.15) is 11.5 Å². The minimum Gasteiger partial charge on any atom is -0.497 e. The van der Waals surface area contributed by atoms with Crippen LogP contribution in [0.4, 0.5) is 21.9 Å². The Bertz CT molecular complexity index is 1030. The molecule has 0 spiro atoms. The molecule has 1 fully saturated rings. The predicted octanol–water partition coefficient (Wildman–Crippen LogP) is 4.67. The number of carbonyl (C=O) groups excluding carboxylic acids is 1. The largest absolute Gasteiger partial charge is 0.497 e. The van der Waals surface area contributed by atoms with E-state index in [1.807, 2.05) is 12.1 Å². The molecule has 172 valence electrons. The van der Waals surface area contributed by atoms with Crippen molar-refractivity contribution in [2.24, 2.45) is 0 Å². The van der Waals surface area contributed by atoms with Gasteiger partial charge in [-0.25, -0.2) is 4.79 Å². The molecule has 4 rings (SSSR count). The van der Waals surface area contributed by atoms with E-state index in [4.69, 9.17) is 9.47 Å². The highest BCUT2D eigenvalue weighted by Crippen LogP contribution is 2.26. The van der Waals surface area contributed by atoms with E-state index in [-0.39, 0.29) is 6.03 Å². The van der Waals surface area contributed by atoms with Gasteiger partial charge in [-0.3, -0.25) is 4.90 Å². The lowest BCUT2D eigenvalue weighted by molar-refractivity contribution is 0.250. The minimum absolute atomic E-state index is 0.324. The van der Waals surface area contributed by atoms with Gasteiger partial charge in [0.15, 0.2) is 0 Å². The first-order valence-electron chi connectivity index (χ1n) is 11.1. The number of amides is 2. The second-order valence-electron chi connectivity index (χ2n) is 7.98. The van der Waals surface area contributed by atoms with E-state index >= 15 is 0 Å². The summed E-state index contributed by atoms with van der Waals surface area (Å²) in [7, 11) is 3.15. The van der Waals surface area contributed by atoms with Crippen molar-refractivity contribution in [3.8, 4) is 11.5 Å². The van der Waals surface area contributed by atoms with Crippen molar-refractivity contribution < 1.29 is 14.3 Å². The number of piperazine rings is 1. The number of hydrogen-bond acceptors (Lipinski definition) is 5. The molecule has 0 radical (unpaired) electrons. The van der Waals surface area contributed by atoms with Crippen LogP contribution in [0.15, 0.2) is 72.8 Å². The molecule has 2 N–H and O–H groups in total. The molecular formula is C26H30N4O3. The van der Waals surface area contributed by atoms with Gasteiger partial charge in [-0.05, 0) is 29.8 Å². The van der Waals surface area contributed by atoms with Crippen molar-refractivity contribution >= 4 is 23.1 Å². The van der Waals surface area contributed by atoms with E-state index in [2.05, 4.69) is 62.9 Å². The van der Waals surface area contributed by atoms with Crippen LogP contribution in [0.25, 0.3) is 0 Å². The van der Waals surface area contributed by atoms with Crippen LogP contribution in [-0.2, 0) is 6.54 Å². The van der Waals surface area contributed by atoms with E-state index in [1.54, 1.807) is 32.4 Å². The van der Waals surface area contributed by atoms with Gasteiger partial charge in [0.05, 0.1) is 14.2 Å². The maximum atomic E-state index is 12.4. The standard InChI is InChI=1S/C26H30N4O3/c1-32-24-16-22(17-25(18-24)33-2)28-26(31)27-21-10-8-20(9-11-21)19-29-12-14-30(15-13-29)23-6-4-3-5-7-23/h3-11,16-18H,12-15,19H2,1-2H3,(H2,27,28,31). The van der Waals surface area contributed by atoms with Crippen LogP contribution in [0.5, 0.6) is 11.5 Å². The highest BCUT2D eigenvalue weighted by Gasteiger charge is 2.17. The van der Waals surface area contributed by atoms with Gasteiger partial charge in [-0.15, -0.1) is 0 Å². The predicted molar refractivity (Wildman–Crippen MR) is 133 cm³/mol. The number of urea groups is 1. The first kappa shape index (κ1) is 22.5. The van der Waals surface area contributed by atoms with Crippen LogP contribution in [-0.4, -0.2) is 51.3 Å². The van der Waals surface area contributed by atoms with Crippen LogP contribution < -0.4 is 25.0 Å². The molecule has 2 amide bonds. The average molecular weight is 447 g/mol. The van der Waals surface area contributed by atoms with Crippen molar-refractivity contribution in [2.75, 3.05) is 55.9 Å². The molecule has 7 heteroatoms. The van der Waals surface area contributed by atoms with E-state index < -0.39 is 0 Å². The third kappa shape index (κ3) is 6.17. The summed E-state index contributed by atoms with van der Waals surface area (Å²) in [6, 6.07) is 23.5. The van der Waals surface area contributed by atoms with Crippen molar-refractivity contribution in [3.05, 3.63) is 78.4 Å². The summed E-state index contributed by atoms with van der Waals surface area (Å²) >= 11 is 0. The SMILES string of the molecule is COc1cc(NC(=O)Nc2ccc(CN3CCN(c4ccccc4)CC3)cc2)cc(OC)c1. The zero-order valence-corrected chi connectivity index (χ0v) is 19.1. The van der Waals surface area contributed by atoms with Crippen LogP contribution >= 0.6 is 0 Å². The molecule has 1 aliphatic heterocycles. The van der Waals surface area contributed by atoms with Crippen molar-refractivity contribution in [1.82, 2.24) is 4.90 Å². The monoisotopic (exact) mass is 446 g/mol. The van der Waals surface area contributed by atoms with E-state index in [0.29, 0.717) is 17.2 Å². The zero-order valence-electron chi connectivity index (χ0n) is 19.1. The molecule has 33 heavy (non-hydrogen) atoms. The van der Waals surface area contributed by atoms with Crippen LogP contribution in [0.3, 0.4) is 0 Å². The summed E-state index contributed by atoms with van der Waals surface area (Å²) in [5.41, 5.74) is 3.85. The number of ether oxygens (including phenoxy) is 2. The molecule has 0 saturated carbocycles. The number of hydrogen-bond donors (Lipinski definition) is 2. The lowest BCUT2D eigenvalue weighted by Crippen LogP contribution is -2.45. The second-order valence-corrected chi connectivity index (χ2v) is 7.98. The fourth-order valence-corrected chi connectivity index (χ4v) is 3.93. The molecule has 3 aromatic carbocycles. The Kier molecular flexibility index (Phi) is 7.32. The van der Waals surface area contributed by atoms with Gasteiger partial charge < -0.3 is 25.0 Å². The third-order valence-corrected chi connectivity index (χ3v) is 5.72. The smallest absolute Gasteiger partial charge is 0.323 e. The summed E-state index contributed by atoms with van der Waals surface area (Å²) in [6.45, 7) is 5.01. The molecular weight excluding hydrogens is 416 g/mol.